The van der Waals surface area contributed by atoms with E-state index in [2.05, 4.69) is 18.0 Å². The first-order chi connectivity index (χ1) is 18.5. The Balaban J connectivity index is 1.33. The molecule has 4 aliphatic rings. The van der Waals surface area contributed by atoms with Crippen molar-refractivity contribution in [3.05, 3.63) is 70.8 Å². The smallest absolute Gasteiger partial charge is 0.416 e. The molecular formula is C30H31F3N2O4. The number of benzene rings is 2. The van der Waals surface area contributed by atoms with E-state index >= 15 is 0 Å². The highest BCUT2D eigenvalue weighted by atomic mass is 19.4. The Hall–Kier alpha value is -3.33. The minimum Gasteiger partial charge on any atom is -0.487 e. The van der Waals surface area contributed by atoms with E-state index in [4.69, 9.17) is 9.47 Å². The first-order valence-corrected chi connectivity index (χ1v) is 13.3. The highest BCUT2D eigenvalue weighted by Gasteiger charge is 2.75. The first kappa shape index (κ1) is 25.9. The van der Waals surface area contributed by atoms with Crippen molar-refractivity contribution < 1.29 is 32.2 Å². The van der Waals surface area contributed by atoms with Gasteiger partial charge in [-0.15, -0.1) is 0 Å². The second kappa shape index (κ2) is 8.84. The summed E-state index contributed by atoms with van der Waals surface area (Å²) in [5.41, 5.74) is 0.751. The van der Waals surface area contributed by atoms with Crippen molar-refractivity contribution in [2.45, 2.75) is 68.0 Å². The van der Waals surface area contributed by atoms with Crippen LogP contribution in [0.1, 0.15) is 48.4 Å². The molecule has 1 amide bonds. The van der Waals surface area contributed by atoms with E-state index in [0.717, 1.165) is 42.8 Å². The molecule has 2 aliphatic heterocycles. The van der Waals surface area contributed by atoms with Gasteiger partial charge in [0, 0.05) is 25.6 Å². The molecule has 1 saturated carbocycles. The summed E-state index contributed by atoms with van der Waals surface area (Å²) in [6.07, 6.45) is 0.792. The third kappa shape index (κ3) is 3.72. The summed E-state index contributed by atoms with van der Waals surface area (Å²) < 4.78 is 51.7. The lowest BCUT2D eigenvalue weighted by Gasteiger charge is -2.65. The number of likely N-dealkylation sites (N-methyl/N-ethyl adjacent to an activating group) is 2. The van der Waals surface area contributed by atoms with Gasteiger partial charge in [-0.05, 0) is 74.7 Å². The van der Waals surface area contributed by atoms with Crippen LogP contribution in [0.3, 0.4) is 0 Å². The van der Waals surface area contributed by atoms with Crippen LogP contribution in [0.15, 0.2) is 48.5 Å². The number of amides is 1. The fourth-order valence-corrected chi connectivity index (χ4v) is 7.76. The molecule has 206 valence electrons. The molecule has 2 fully saturated rings. The number of nitrogens with zero attached hydrogens (tertiary/aromatic N) is 2. The number of halogens is 3. The molecule has 1 saturated heterocycles. The fourth-order valence-electron chi connectivity index (χ4n) is 7.76. The van der Waals surface area contributed by atoms with Crippen molar-refractivity contribution in [1.82, 2.24) is 9.80 Å². The van der Waals surface area contributed by atoms with Crippen molar-refractivity contribution in [3.63, 3.8) is 0 Å². The molecule has 6 rings (SSSR count). The monoisotopic (exact) mass is 540 g/mol. The standard InChI is InChI=1S/C30H31F3N2O4/c1-18(36)39-29-14-13-22(35(3)25(37)12-9-19-7-10-21(11-8-19)30(31,32)33)27-28(29)15-16-34(2)24(29)17-20-5-4-6-23(38-27)26(20)28/h4-12,22,24,27H,13-17H2,1-3H3/b12-9+/t22?,24-,27?,28+,29-/m1/s1. The van der Waals surface area contributed by atoms with Crippen molar-refractivity contribution in [1.29, 1.82) is 0 Å². The van der Waals surface area contributed by atoms with Gasteiger partial charge in [-0.3, -0.25) is 14.5 Å². The van der Waals surface area contributed by atoms with Gasteiger partial charge in [-0.2, -0.15) is 13.2 Å². The van der Waals surface area contributed by atoms with E-state index in [9.17, 15) is 22.8 Å². The Morgan fingerprint density at radius 3 is 2.59 bits per heavy atom. The lowest BCUT2D eigenvalue weighted by Crippen LogP contribution is -2.78. The molecular weight excluding hydrogens is 509 g/mol. The highest BCUT2D eigenvalue weighted by molar-refractivity contribution is 5.92. The normalized spacial score (nSPS) is 31.0. The number of rotatable bonds is 4. The minimum absolute atomic E-state index is 0.00336. The summed E-state index contributed by atoms with van der Waals surface area (Å²) in [5.74, 6) is 0.213. The van der Waals surface area contributed by atoms with E-state index in [1.165, 1.54) is 36.8 Å². The Morgan fingerprint density at radius 2 is 1.90 bits per heavy atom. The Morgan fingerprint density at radius 1 is 1.15 bits per heavy atom. The van der Waals surface area contributed by atoms with Gasteiger partial charge in [-0.1, -0.05) is 24.3 Å². The van der Waals surface area contributed by atoms with Crippen molar-refractivity contribution in [2.24, 2.45) is 0 Å². The van der Waals surface area contributed by atoms with Crippen molar-refractivity contribution >= 4 is 18.0 Å². The van der Waals surface area contributed by atoms with Gasteiger partial charge in [0.05, 0.1) is 23.1 Å². The van der Waals surface area contributed by atoms with Crippen LogP contribution in [-0.4, -0.2) is 66.1 Å². The maximum Gasteiger partial charge on any atom is 0.416 e. The SMILES string of the molecule is CC(=O)O[C@@]12CCC(N(C)C(=O)/C=C/c3ccc(C(F)(F)F)cc3)C3Oc4cccc5c4[C@@]31CCN(C)[C@@H]2C5. The summed E-state index contributed by atoms with van der Waals surface area (Å²) in [4.78, 5) is 29.9. The average molecular weight is 541 g/mol. The van der Waals surface area contributed by atoms with Crippen molar-refractivity contribution in [3.8, 4) is 5.75 Å². The molecule has 39 heavy (non-hydrogen) atoms. The highest BCUT2D eigenvalue weighted by Crippen LogP contribution is 2.65. The van der Waals surface area contributed by atoms with Crippen LogP contribution >= 0.6 is 0 Å². The van der Waals surface area contributed by atoms with Gasteiger partial charge in [0.25, 0.3) is 0 Å². The topological polar surface area (TPSA) is 59.1 Å². The fraction of sp³-hybridized carbons (Fsp3) is 0.467. The molecule has 2 heterocycles. The summed E-state index contributed by atoms with van der Waals surface area (Å²) in [6, 6.07) is 10.5. The summed E-state index contributed by atoms with van der Waals surface area (Å²) >= 11 is 0. The summed E-state index contributed by atoms with van der Waals surface area (Å²) in [5, 5.41) is 0. The van der Waals surface area contributed by atoms with Gasteiger partial charge < -0.3 is 14.4 Å². The molecule has 5 atom stereocenters. The number of hydrogen-bond donors (Lipinski definition) is 0. The molecule has 2 aromatic rings. The number of likely N-dealkylation sites (tertiary alicyclic amines) is 1. The first-order valence-electron chi connectivity index (χ1n) is 13.3. The van der Waals surface area contributed by atoms with Crippen LogP contribution in [0.5, 0.6) is 5.75 Å². The summed E-state index contributed by atoms with van der Waals surface area (Å²) in [6.45, 7) is 2.28. The van der Waals surface area contributed by atoms with Gasteiger partial charge in [0.15, 0.2) is 0 Å². The number of carbonyl (C=O) groups is 2. The zero-order valence-electron chi connectivity index (χ0n) is 22.1. The quantitative estimate of drug-likeness (QED) is 0.419. The van der Waals surface area contributed by atoms with Gasteiger partial charge in [0.1, 0.15) is 17.5 Å². The third-order valence-electron chi connectivity index (χ3n) is 9.38. The molecule has 0 aromatic heterocycles. The Bertz CT molecular complexity index is 1360. The molecule has 2 aliphatic carbocycles. The van der Waals surface area contributed by atoms with Crippen LogP contribution < -0.4 is 4.74 Å². The maximum atomic E-state index is 13.4. The van der Waals surface area contributed by atoms with Gasteiger partial charge >= 0.3 is 12.1 Å². The second-order valence-electron chi connectivity index (χ2n) is 11.2. The molecule has 0 radical (unpaired) electrons. The molecule has 6 nitrogen and oxygen atoms in total. The van der Waals surface area contributed by atoms with Crippen LogP contribution in [-0.2, 0) is 32.3 Å². The average Bonchev–Trinajstić information content (AvgIpc) is 3.23. The zero-order valence-corrected chi connectivity index (χ0v) is 22.1. The van der Waals surface area contributed by atoms with Crippen LogP contribution in [0.2, 0.25) is 0 Å². The Labute approximate surface area is 225 Å². The third-order valence-corrected chi connectivity index (χ3v) is 9.38. The number of piperidine rings is 1. The molecule has 2 unspecified atom stereocenters. The van der Waals surface area contributed by atoms with Gasteiger partial charge in [-0.25, -0.2) is 0 Å². The van der Waals surface area contributed by atoms with Crippen LogP contribution in [0, 0.1) is 0 Å². The van der Waals surface area contributed by atoms with E-state index in [-0.39, 0.29) is 24.0 Å². The molecule has 0 N–H and O–H groups in total. The second-order valence-corrected chi connectivity index (χ2v) is 11.2. The summed E-state index contributed by atoms with van der Waals surface area (Å²) in [7, 11) is 3.82. The largest absolute Gasteiger partial charge is 0.487 e. The van der Waals surface area contributed by atoms with Gasteiger partial charge in [0.2, 0.25) is 5.91 Å². The number of esters is 1. The van der Waals surface area contributed by atoms with E-state index in [1.54, 1.807) is 11.9 Å². The number of hydrogen-bond acceptors (Lipinski definition) is 5. The van der Waals surface area contributed by atoms with Crippen molar-refractivity contribution in [2.75, 3.05) is 20.6 Å². The molecule has 1 spiro atoms. The number of alkyl halides is 3. The molecule has 9 heteroatoms. The number of ether oxygens (including phenoxy) is 2. The minimum atomic E-state index is -4.41. The van der Waals surface area contributed by atoms with E-state index in [0.29, 0.717) is 18.4 Å². The molecule has 2 bridgehead atoms. The number of carbonyl (C=O) groups excluding carboxylic acids is 2. The van der Waals surface area contributed by atoms with Crippen LogP contribution in [0.4, 0.5) is 13.2 Å². The predicted octanol–water partition coefficient (Wildman–Crippen LogP) is 4.60. The zero-order chi connectivity index (χ0) is 27.7. The lowest BCUT2D eigenvalue weighted by atomic mass is 9.48. The maximum absolute atomic E-state index is 13.4. The predicted molar refractivity (Wildman–Crippen MR) is 138 cm³/mol. The van der Waals surface area contributed by atoms with Crippen LogP contribution in [0.25, 0.3) is 6.08 Å². The Kier molecular flexibility index (Phi) is 5.88. The molecule has 2 aromatic carbocycles. The lowest BCUT2D eigenvalue weighted by molar-refractivity contribution is -0.220. The van der Waals surface area contributed by atoms with E-state index < -0.39 is 28.9 Å². The van der Waals surface area contributed by atoms with E-state index in [1.807, 2.05) is 12.1 Å².